The number of hydrogen-bond donors (Lipinski definition) is 1. The van der Waals surface area contributed by atoms with Crippen molar-refractivity contribution in [1.29, 1.82) is 0 Å². The number of carboxylic acids is 1. The van der Waals surface area contributed by atoms with E-state index in [0.29, 0.717) is 6.42 Å². The van der Waals surface area contributed by atoms with Crippen LogP contribution in [0.3, 0.4) is 0 Å². The molecule has 0 fully saturated rings. The molecule has 0 aliphatic carbocycles. The van der Waals surface area contributed by atoms with Gasteiger partial charge in [0.1, 0.15) is 0 Å². The molecule has 0 saturated heterocycles. The van der Waals surface area contributed by atoms with Gasteiger partial charge in [-0.3, -0.25) is 4.79 Å². The lowest BCUT2D eigenvalue weighted by molar-refractivity contribution is -0.143. The molecule has 0 aromatic rings. The first-order chi connectivity index (χ1) is 5.42. The molecule has 0 heterocycles. The van der Waals surface area contributed by atoms with E-state index >= 15 is 0 Å². The van der Waals surface area contributed by atoms with E-state index in [0.717, 1.165) is 6.42 Å². The molecule has 0 rings (SSSR count). The Balaban J connectivity index is 4.16. The molecule has 12 heavy (non-hydrogen) atoms. The van der Waals surface area contributed by atoms with E-state index in [9.17, 15) is 9.59 Å². The van der Waals surface area contributed by atoms with Crippen molar-refractivity contribution in [3.63, 3.8) is 0 Å². The smallest absolute Gasteiger partial charge is 0.332 e. The average molecular weight is 193 g/mol. The lowest BCUT2D eigenvalue weighted by atomic mass is 10.0. The van der Waals surface area contributed by atoms with Crippen molar-refractivity contribution in [3.8, 4) is 0 Å². The summed E-state index contributed by atoms with van der Waals surface area (Å²) in [6, 6.07) is 0. The number of halogens is 1. The lowest BCUT2D eigenvalue weighted by Gasteiger charge is -2.14. The SMILES string of the molecule is CCCCC(=O)C(C)(Cl)C(=O)O. The fourth-order valence-electron chi connectivity index (χ4n) is 0.691. The summed E-state index contributed by atoms with van der Waals surface area (Å²) in [5, 5.41) is 8.56. The summed E-state index contributed by atoms with van der Waals surface area (Å²) in [7, 11) is 0. The number of alkyl halides is 1. The largest absolute Gasteiger partial charge is 0.480 e. The van der Waals surface area contributed by atoms with E-state index in [1.54, 1.807) is 0 Å². The van der Waals surface area contributed by atoms with Gasteiger partial charge >= 0.3 is 5.97 Å². The molecule has 0 amide bonds. The molecule has 0 bridgehead atoms. The molecular weight excluding hydrogens is 180 g/mol. The third-order valence-corrected chi connectivity index (χ3v) is 2.06. The monoisotopic (exact) mass is 192 g/mol. The van der Waals surface area contributed by atoms with Gasteiger partial charge in [0.25, 0.3) is 0 Å². The Morgan fingerprint density at radius 3 is 2.33 bits per heavy atom. The Hall–Kier alpha value is -0.570. The molecule has 1 unspecified atom stereocenters. The number of carbonyl (C=O) groups excluding carboxylic acids is 1. The Kier molecular flexibility index (Phi) is 4.24. The van der Waals surface area contributed by atoms with Crippen LogP contribution in [0.4, 0.5) is 0 Å². The summed E-state index contributed by atoms with van der Waals surface area (Å²) in [6.45, 7) is 3.15. The fraction of sp³-hybridized carbons (Fsp3) is 0.750. The van der Waals surface area contributed by atoms with Gasteiger partial charge in [-0.2, -0.15) is 0 Å². The van der Waals surface area contributed by atoms with Crippen molar-refractivity contribution in [1.82, 2.24) is 0 Å². The van der Waals surface area contributed by atoms with Crippen LogP contribution < -0.4 is 0 Å². The Morgan fingerprint density at radius 1 is 1.50 bits per heavy atom. The molecule has 0 saturated carbocycles. The van der Waals surface area contributed by atoms with Gasteiger partial charge in [0.15, 0.2) is 10.7 Å². The Bertz CT molecular complexity index is 187. The predicted molar refractivity (Wildman–Crippen MR) is 46.4 cm³/mol. The highest BCUT2D eigenvalue weighted by atomic mass is 35.5. The molecule has 0 aliphatic rings. The van der Waals surface area contributed by atoms with E-state index in [1.165, 1.54) is 6.92 Å². The second-order valence-corrected chi connectivity index (χ2v) is 3.59. The van der Waals surface area contributed by atoms with E-state index in [4.69, 9.17) is 16.7 Å². The summed E-state index contributed by atoms with van der Waals surface area (Å²) < 4.78 is 0. The van der Waals surface area contributed by atoms with Crippen LogP contribution in [-0.4, -0.2) is 21.7 Å². The van der Waals surface area contributed by atoms with Crippen molar-refractivity contribution in [3.05, 3.63) is 0 Å². The Labute approximate surface area is 76.7 Å². The van der Waals surface area contributed by atoms with Crippen molar-refractivity contribution < 1.29 is 14.7 Å². The highest BCUT2D eigenvalue weighted by molar-refractivity contribution is 6.45. The lowest BCUT2D eigenvalue weighted by Crippen LogP contribution is -2.37. The van der Waals surface area contributed by atoms with Gasteiger partial charge in [0.05, 0.1) is 0 Å². The van der Waals surface area contributed by atoms with Gasteiger partial charge in [-0.25, -0.2) is 4.79 Å². The second kappa shape index (κ2) is 4.45. The molecule has 0 aliphatic heterocycles. The minimum atomic E-state index is -1.74. The molecule has 0 radical (unpaired) electrons. The highest BCUT2D eigenvalue weighted by Gasteiger charge is 2.37. The van der Waals surface area contributed by atoms with Crippen LogP contribution in [0.2, 0.25) is 0 Å². The van der Waals surface area contributed by atoms with Crippen LogP contribution in [0, 0.1) is 0 Å². The van der Waals surface area contributed by atoms with E-state index in [1.807, 2.05) is 6.92 Å². The van der Waals surface area contributed by atoms with E-state index < -0.39 is 16.6 Å². The predicted octanol–water partition coefficient (Wildman–Crippen LogP) is 1.83. The topological polar surface area (TPSA) is 54.4 Å². The van der Waals surface area contributed by atoms with Gasteiger partial charge in [-0.05, 0) is 13.3 Å². The molecule has 4 heteroatoms. The van der Waals surface area contributed by atoms with Gasteiger partial charge in [0.2, 0.25) is 0 Å². The van der Waals surface area contributed by atoms with Gasteiger partial charge in [-0.15, -0.1) is 0 Å². The van der Waals surface area contributed by atoms with Crippen LogP contribution in [-0.2, 0) is 9.59 Å². The van der Waals surface area contributed by atoms with Crippen LogP contribution in [0.1, 0.15) is 33.1 Å². The molecular formula is C8H13ClO3. The number of Topliss-reactive ketones (excluding diaryl/α,β-unsaturated/α-hetero) is 1. The average Bonchev–Trinajstić information content (AvgIpc) is 1.99. The van der Waals surface area contributed by atoms with Crippen LogP contribution in [0.15, 0.2) is 0 Å². The van der Waals surface area contributed by atoms with Gasteiger partial charge < -0.3 is 5.11 Å². The maximum absolute atomic E-state index is 11.2. The van der Waals surface area contributed by atoms with Gasteiger partial charge in [-0.1, -0.05) is 24.9 Å². The standard InChI is InChI=1S/C8H13ClO3/c1-3-4-5-6(10)8(2,9)7(11)12/h3-5H2,1-2H3,(H,11,12). The van der Waals surface area contributed by atoms with Crippen molar-refractivity contribution >= 4 is 23.4 Å². The van der Waals surface area contributed by atoms with Crippen LogP contribution in [0.5, 0.6) is 0 Å². The number of aliphatic carboxylic acids is 1. The summed E-state index contributed by atoms with van der Waals surface area (Å²) in [5.41, 5.74) is 0. The van der Waals surface area contributed by atoms with Crippen molar-refractivity contribution in [2.75, 3.05) is 0 Å². The number of carbonyl (C=O) groups is 2. The number of hydrogen-bond acceptors (Lipinski definition) is 2. The summed E-state index contributed by atoms with van der Waals surface area (Å²) in [6.07, 6.45) is 1.79. The quantitative estimate of drug-likeness (QED) is 0.534. The third kappa shape index (κ3) is 2.81. The van der Waals surface area contributed by atoms with Crippen molar-refractivity contribution in [2.24, 2.45) is 0 Å². The molecule has 1 atom stereocenters. The van der Waals surface area contributed by atoms with E-state index in [2.05, 4.69) is 0 Å². The highest BCUT2D eigenvalue weighted by Crippen LogP contribution is 2.18. The fourth-order valence-corrected chi connectivity index (χ4v) is 0.786. The molecule has 1 N–H and O–H groups in total. The summed E-state index contributed by atoms with van der Waals surface area (Å²) in [5.74, 6) is -1.69. The van der Waals surface area contributed by atoms with E-state index in [-0.39, 0.29) is 6.42 Å². The zero-order valence-corrected chi connectivity index (χ0v) is 8.02. The molecule has 0 aromatic heterocycles. The second-order valence-electron chi connectivity index (χ2n) is 2.83. The molecule has 70 valence electrons. The summed E-state index contributed by atoms with van der Waals surface area (Å²) in [4.78, 5) is 19.9. The zero-order valence-electron chi connectivity index (χ0n) is 7.26. The number of unbranched alkanes of at least 4 members (excludes halogenated alkanes) is 1. The Morgan fingerprint density at radius 2 is 2.00 bits per heavy atom. The number of carboxylic acid groups (broad SMARTS) is 1. The van der Waals surface area contributed by atoms with Gasteiger partial charge in [0, 0.05) is 6.42 Å². The minimum Gasteiger partial charge on any atom is -0.480 e. The first-order valence-corrected chi connectivity index (χ1v) is 4.26. The number of rotatable bonds is 5. The molecule has 0 spiro atoms. The maximum atomic E-state index is 11.2. The minimum absolute atomic E-state index is 0.239. The summed E-state index contributed by atoms with van der Waals surface area (Å²) >= 11 is 5.51. The first kappa shape index (κ1) is 11.4. The normalized spacial score (nSPS) is 15.2. The van der Waals surface area contributed by atoms with Crippen LogP contribution >= 0.6 is 11.6 Å². The number of ketones is 1. The first-order valence-electron chi connectivity index (χ1n) is 3.88. The molecule has 3 nitrogen and oxygen atoms in total. The third-order valence-electron chi connectivity index (χ3n) is 1.68. The zero-order chi connectivity index (χ0) is 9.78. The maximum Gasteiger partial charge on any atom is 0.332 e. The van der Waals surface area contributed by atoms with Crippen molar-refractivity contribution in [2.45, 2.75) is 38.0 Å². The van der Waals surface area contributed by atoms with Crippen LogP contribution in [0.25, 0.3) is 0 Å². The molecule has 0 aromatic carbocycles.